The zero-order valence-corrected chi connectivity index (χ0v) is 10.8. The highest BCUT2D eigenvalue weighted by Gasteiger charge is 2.47. The van der Waals surface area contributed by atoms with Gasteiger partial charge in [0.25, 0.3) is 0 Å². The summed E-state index contributed by atoms with van der Waals surface area (Å²) in [5.41, 5.74) is -0.315. The largest absolute Gasteiger partial charge is 0.523 e. The lowest BCUT2D eigenvalue weighted by Gasteiger charge is -2.31. The molecule has 0 fully saturated rings. The van der Waals surface area contributed by atoms with E-state index in [1.54, 1.807) is 0 Å². The van der Waals surface area contributed by atoms with Gasteiger partial charge in [0, 0.05) is 21.3 Å². The molecule has 0 radical (unpaired) electrons. The number of methoxy groups -OCH3 is 1. The molecule has 1 amide bonds. The zero-order valence-electron chi connectivity index (χ0n) is 9.83. The van der Waals surface area contributed by atoms with Crippen LogP contribution in [0.1, 0.15) is 13.3 Å². The molecule has 0 saturated carbocycles. The molecular formula is C8H19NO5Si. The van der Waals surface area contributed by atoms with Gasteiger partial charge in [-0.15, -0.1) is 0 Å². The van der Waals surface area contributed by atoms with Gasteiger partial charge < -0.3 is 23.3 Å². The van der Waals surface area contributed by atoms with Crippen molar-refractivity contribution in [2.24, 2.45) is 0 Å². The van der Waals surface area contributed by atoms with Crippen molar-refractivity contribution in [3.63, 3.8) is 0 Å². The maximum Gasteiger partial charge on any atom is 0.523 e. The average molecular weight is 237 g/mol. The fraction of sp³-hybridized carbons (Fsp3) is 0.875. The summed E-state index contributed by atoms with van der Waals surface area (Å²) in [6, 6.07) is 0. The van der Waals surface area contributed by atoms with E-state index >= 15 is 0 Å². The van der Waals surface area contributed by atoms with Crippen molar-refractivity contribution in [2.45, 2.75) is 19.0 Å². The lowest BCUT2D eigenvalue weighted by Crippen LogP contribution is -2.61. The van der Waals surface area contributed by atoms with Crippen molar-refractivity contribution in [3.8, 4) is 0 Å². The van der Waals surface area contributed by atoms with Crippen molar-refractivity contribution in [3.05, 3.63) is 0 Å². The Bertz CT molecular complexity index is 189. The second-order valence-corrected chi connectivity index (χ2v) is 5.94. The minimum Gasteiger partial charge on any atom is -0.453 e. The van der Waals surface area contributed by atoms with Gasteiger partial charge in [-0.1, -0.05) is 6.92 Å². The molecule has 0 bridgehead atoms. The zero-order chi connectivity index (χ0) is 11.9. The van der Waals surface area contributed by atoms with Crippen LogP contribution in [0.4, 0.5) is 4.79 Å². The molecule has 0 rings (SSSR count). The Kier molecular flexibility index (Phi) is 6.49. The molecule has 1 N–H and O–H groups in total. The molecule has 0 aromatic carbocycles. The molecule has 90 valence electrons. The molecule has 7 heteroatoms. The van der Waals surface area contributed by atoms with E-state index in [2.05, 4.69) is 10.1 Å². The summed E-state index contributed by atoms with van der Waals surface area (Å²) in [4.78, 5) is 11.1. The average Bonchev–Trinajstić information content (AvgIpc) is 2.29. The van der Waals surface area contributed by atoms with Gasteiger partial charge in [-0.3, -0.25) is 0 Å². The van der Waals surface area contributed by atoms with Crippen LogP contribution in [0.25, 0.3) is 0 Å². The summed E-state index contributed by atoms with van der Waals surface area (Å²) >= 11 is 0. The van der Waals surface area contributed by atoms with Crippen LogP contribution in [-0.2, 0) is 18.0 Å². The molecular weight excluding hydrogens is 218 g/mol. The highest BCUT2D eigenvalue weighted by atomic mass is 28.4. The Morgan fingerprint density at radius 2 is 1.67 bits per heavy atom. The minimum atomic E-state index is -2.84. The predicted molar refractivity (Wildman–Crippen MR) is 56.4 cm³/mol. The maximum absolute atomic E-state index is 11.1. The number of amides is 1. The summed E-state index contributed by atoms with van der Waals surface area (Å²) < 4.78 is 20.3. The standard InChI is InChI=1S/C8H19NO5Si/c1-6-7(9-8(10)11-2)15(12-3,13-4)14-5/h7H,6H2,1-5H3,(H,9,10). The van der Waals surface area contributed by atoms with E-state index in [1.807, 2.05) is 6.92 Å². The lowest BCUT2D eigenvalue weighted by molar-refractivity contribution is 0.102. The van der Waals surface area contributed by atoms with Gasteiger partial charge in [0.05, 0.1) is 7.11 Å². The van der Waals surface area contributed by atoms with Crippen LogP contribution in [-0.4, -0.2) is 49.0 Å². The van der Waals surface area contributed by atoms with Gasteiger partial charge in [0.1, 0.15) is 5.67 Å². The van der Waals surface area contributed by atoms with Crippen LogP contribution in [0, 0.1) is 0 Å². The van der Waals surface area contributed by atoms with Gasteiger partial charge in [-0.25, -0.2) is 4.79 Å². The molecule has 1 atom stereocenters. The Labute approximate surface area is 91.2 Å². The molecule has 1 unspecified atom stereocenters. The first-order valence-electron chi connectivity index (χ1n) is 4.60. The Hall–Kier alpha value is -0.633. The fourth-order valence-electron chi connectivity index (χ4n) is 1.32. The van der Waals surface area contributed by atoms with Gasteiger partial charge in [-0.05, 0) is 6.42 Å². The summed E-state index contributed by atoms with van der Waals surface area (Å²) in [5.74, 6) is 0. The van der Waals surface area contributed by atoms with Gasteiger partial charge in [0.2, 0.25) is 0 Å². The number of rotatable bonds is 6. The Morgan fingerprint density at radius 3 is 1.93 bits per heavy atom. The Balaban J connectivity index is 4.66. The summed E-state index contributed by atoms with van der Waals surface area (Å²) in [7, 11) is 2.97. The van der Waals surface area contributed by atoms with E-state index in [0.29, 0.717) is 6.42 Å². The molecule has 6 nitrogen and oxygen atoms in total. The fourth-order valence-corrected chi connectivity index (χ4v) is 3.47. The molecule has 0 heterocycles. The topological polar surface area (TPSA) is 66.0 Å². The highest BCUT2D eigenvalue weighted by molar-refractivity contribution is 6.62. The minimum absolute atomic E-state index is 0.315. The van der Waals surface area contributed by atoms with Crippen molar-refractivity contribution < 1.29 is 22.8 Å². The first-order chi connectivity index (χ1) is 7.10. The molecule has 0 saturated heterocycles. The third-order valence-corrected chi connectivity index (χ3v) is 5.28. The van der Waals surface area contributed by atoms with E-state index in [1.165, 1.54) is 28.4 Å². The molecule has 0 spiro atoms. The van der Waals surface area contributed by atoms with E-state index in [9.17, 15) is 4.79 Å². The summed E-state index contributed by atoms with van der Waals surface area (Å²) in [6.07, 6.45) is 0.112. The van der Waals surface area contributed by atoms with Crippen LogP contribution >= 0.6 is 0 Å². The number of nitrogens with one attached hydrogen (secondary N) is 1. The molecule has 0 aliphatic rings. The van der Waals surface area contributed by atoms with E-state index in [0.717, 1.165) is 0 Å². The lowest BCUT2D eigenvalue weighted by atomic mass is 10.5. The van der Waals surface area contributed by atoms with Gasteiger partial charge in [0.15, 0.2) is 0 Å². The number of ether oxygens (including phenoxy) is 1. The summed E-state index contributed by atoms with van der Waals surface area (Å²) in [5, 5.41) is 2.64. The number of hydrogen-bond donors (Lipinski definition) is 1. The van der Waals surface area contributed by atoms with E-state index in [4.69, 9.17) is 13.3 Å². The summed E-state index contributed by atoms with van der Waals surface area (Å²) in [6.45, 7) is 1.90. The van der Waals surface area contributed by atoms with Crippen LogP contribution < -0.4 is 5.32 Å². The maximum atomic E-state index is 11.1. The highest BCUT2D eigenvalue weighted by Crippen LogP contribution is 2.14. The predicted octanol–water partition coefficient (Wildman–Crippen LogP) is 0.538. The van der Waals surface area contributed by atoms with E-state index in [-0.39, 0.29) is 5.67 Å². The Morgan fingerprint density at radius 1 is 1.20 bits per heavy atom. The van der Waals surface area contributed by atoms with Crippen LogP contribution in [0.15, 0.2) is 0 Å². The number of carbonyl (C=O) groups excluding carboxylic acids is 1. The first-order valence-corrected chi connectivity index (χ1v) is 6.40. The van der Waals surface area contributed by atoms with Crippen LogP contribution in [0.2, 0.25) is 0 Å². The van der Waals surface area contributed by atoms with E-state index < -0.39 is 14.9 Å². The monoisotopic (exact) mass is 237 g/mol. The third-order valence-electron chi connectivity index (χ3n) is 2.17. The van der Waals surface area contributed by atoms with Crippen molar-refractivity contribution in [1.29, 1.82) is 0 Å². The van der Waals surface area contributed by atoms with Crippen LogP contribution in [0.3, 0.4) is 0 Å². The molecule has 0 aliphatic carbocycles. The molecule has 0 aromatic heterocycles. The quantitative estimate of drug-likeness (QED) is 0.683. The van der Waals surface area contributed by atoms with Crippen molar-refractivity contribution in [1.82, 2.24) is 5.32 Å². The smallest absolute Gasteiger partial charge is 0.453 e. The number of hydrogen-bond acceptors (Lipinski definition) is 5. The van der Waals surface area contributed by atoms with Gasteiger partial charge >= 0.3 is 14.9 Å². The first kappa shape index (κ1) is 14.4. The van der Waals surface area contributed by atoms with Crippen molar-refractivity contribution >= 4 is 14.9 Å². The molecule has 0 aromatic rings. The molecule has 15 heavy (non-hydrogen) atoms. The number of alkyl carbamates (subject to hydrolysis) is 1. The SMILES string of the molecule is CCC(NC(=O)OC)[Si](OC)(OC)OC. The number of carbonyl (C=O) groups is 1. The molecule has 0 aliphatic heterocycles. The second kappa shape index (κ2) is 6.78. The normalized spacial score (nSPS) is 13.4. The van der Waals surface area contributed by atoms with Gasteiger partial charge in [-0.2, -0.15) is 0 Å². The van der Waals surface area contributed by atoms with Crippen LogP contribution in [0.5, 0.6) is 0 Å². The second-order valence-electron chi connectivity index (χ2n) is 2.81. The third kappa shape index (κ3) is 3.45. The van der Waals surface area contributed by atoms with Crippen molar-refractivity contribution in [2.75, 3.05) is 28.4 Å².